The number of hydrogen-bond acceptors (Lipinski definition) is 5. The fourth-order valence-electron chi connectivity index (χ4n) is 2.30. The van der Waals surface area contributed by atoms with Crippen LogP contribution in [0, 0.1) is 11.8 Å². The quantitative estimate of drug-likeness (QED) is 0.261. The standard InChI is InChI=1S/C16H24F6O5P/c1-3-5-7-11(15(17,18)19)13(23)9-26-28(25)27-10-14(24)12(8-6-4-2)16(20,21)22/h11-12H,3-10H2,1-2H3/q+1. The lowest BCUT2D eigenvalue weighted by atomic mass is 9.97. The predicted molar refractivity (Wildman–Crippen MR) is 87.7 cm³/mol. The van der Waals surface area contributed by atoms with Crippen molar-refractivity contribution in [3.8, 4) is 0 Å². The van der Waals surface area contributed by atoms with Gasteiger partial charge in [0, 0.05) is 4.57 Å². The fourth-order valence-corrected chi connectivity index (χ4v) is 2.84. The maximum Gasteiger partial charge on any atom is 0.698 e. The first-order valence-corrected chi connectivity index (χ1v) is 9.86. The molecule has 0 aliphatic heterocycles. The summed E-state index contributed by atoms with van der Waals surface area (Å²) < 4.78 is 97.2. The molecule has 28 heavy (non-hydrogen) atoms. The average molecular weight is 441 g/mol. The Balaban J connectivity index is 4.60. The summed E-state index contributed by atoms with van der Waals surface area (Å²) >= 11 is 0. The van der Waals surface area contributed by atoms with Crippen LogP contribution in [-0.2, 0) is 23.2 Å². The zero-order chi connectivity index (χ0) is 22.0. The number of ketones is 2. The lowest BCUT2D eigenvalue weighted by Gasteiger charge is -2.17. The van der Waals surface area contributed by atoms with Gasteiger partial charge in [-0.3, -0.25) is 9.59 Å². The zero-order valence-electron chi connectivity index (χ0n) is 15.6. The normalized spacial score (nSPS) is 15.2. The van der Waals surface area contributed by atoms with Crippen molar-refractivity contribution >= 4 is 19.8 Å². The molecule has 0 aromatic heterocycles. The van der Waals surface area contributed by atoms with Crippen molar-refractivity contribution < 1.29 is 49.5 Å². The molecule has 0 saturated heterocycles. The van der Waals surface area contributed by atoms with E-state index in [1.807, 2.05) is 0 Å². The molecule has 2 atom stereocenters. The summed E-state index contributed by atoms with van der Waals surface area (Å²) in [6.45, 7) is 0.918. The molecule has 0 aliphatic carbocycles. The molecule has 0 bridgehead atoms. The molecule has 0 heterocycles. The van der Waals surface area contributed by atoms with Gasteiger partial charge in [-0.15, -0.1) is 9.05 Å². The molecule has 0 amide bonds. The Kier molecular flexibility index (Phi) is 12.0. The molecular weight excluding hydrogens is 417 g/mol. The molecule has 2 unspecified atom stereocenters. The van der Waals surface area contributed by atoms with Crippen LogP contribution in [0.2, 0.25) is 0 Å². The third-order valence-electron chi connectivity index (χ3n) is 3.88. The van der Waals surface area contributed by atoms with Crippen LogP contribution in [0.1, 0.15) is 52.4 Å². The fraction of sp³-hybridized carbons (Fsp3) is 0.875. The minimum absolute atomic E-state index is 0.143. The van der Waals surface area contributed by atoms with E-state index in [4.69, 9.17) is 0 Å². The van der Waals surface area contributed by atoms with Gasteiger partial charge in [-0.1, -0.05) is 39.5 Å². The second-order valence-electron chi connectivity index (χ2n) is 6.18. The highest BCUT2D eigenvalue weighted by atomic mass is 31.1. The van der Waals surface area contributed by atoms with Crippen LogP contribution in [-0.4, -0.2) is 37.1 Å². The van der Waals surface area contributed by atoms with Crippen molar-refractivity contribution in [3.05, 3.63) is 0 Å². The van der Waals surface area contributed by atoms with Gasteiger partial charge >= 0.3 is 20.6 Å². The van der Waals surface area contributed by atoms with E-state index in [0.29, 0.717) is 12.8 Å². The van der Waals surface area contributed by atoms with Crippen LogP contribution in [0.4, 0.5) is 26.3 Å². The number of Topliss-reactive ketones (excluding diaryl/α,β-unsaturated/α-hetero) is 2. The van der Waals surface area contributed by atoms with Gasteiger partial charge in [-0.25, -0.2) is 0 Å². The van der Waals surface area contributed by atoms with E-state index in [0.717, 1.165) is 0 Å². The molecule has 0 aromatic carbocycles. The summed E-state index contributed by atoms with van der Waals surface area (Å²) in [6.07, 6.45) is -9.36. The van der Waals surface area contributed by atoms with Crippen LogP contribution in [0.5, 0.6) is 0 Å². The van der Waals surface area contributed by atoms with Gasteiger partial charge in [0.15, 0.2) is 24.8 Å². The van der Waals surface area contributed by atoms with Crippen molar-refractivity contribution in [2.24, 2.45) is 11.8 Å². The lowest BCUT2D eigenvalue weighted by molar-refractivity contribution is -0.184. The van der Waals surface area contributed by atoms with Crippen LogP contribution in [0.15, 0.2) is 0 Å². The third-order valence-corrected chi connectivity index (χ3v) is 4.56. The maximum absolute atomic E-state index is 12.8. The van der Waals surface area contributed by atoms with Crippen molar-refractivity contribution in [1.29, 1.82) is 0 Å². The van der Waals surface area contributed by atoms with Crippen molar-refractivity contribution in [3.63, 3.8) is 0 Å². The number of alkyl halides is 6. The Hall–Kier alpha value is -1.06. The number of rotatable bonds is 14. The van der Waals surface area contributed by atoms with Crippen LogP contribution < -0.4 is 0 Å². The maximum atomic E-state index is 12.8. The van der Waals surface area contributed by atoms with Crippen molar-refractivity contribution in [2.75, 3.05) is 13.2 Å². The van der Waals surface area contributed by atoms with Crippen LogP contribution >= 0.6 is 8.25 Å². The van der Waals surface area contributed by atoms with Gasteiger partial charge in [-0.2, -0.15) is 26.3 Å². The lowest BCUT2D eigenvalue weighted by Crippen LogP contribution is -2.33. The summed E-state index contributed by atoms with van der Waals surface area (Å²) in [7, 11) is -3.22. The van der Waals surface area contributed by atoms with E-state index < -0.39 is 70.1 Å². The molecule has 0 aliphatic rings. The number of halogens is 6. The molecule has 5 nitrogen and oxygen atoms in total. The molecule has 0 spiro atoms. The smallest absolute Gasteiger partial charge is 0.296 e. The topological polar surface area (TPSA) is 69.7 Å². The summed E-state index contributed by atoms with van der Waals surface area (Å²) in [5, 5.41) is 0. The predicted octanol–water partition coefficient (Wildman–Crippen LogP) is 5.55. The molecule has 12 heteroatoms. The Morgan fingerprint density at radius 3 is 1.36 bits per heavy atom. The number of carbonyl (C=O) groups excluding carboxylic acids is 2. The largest absolute Gasteiger partial charge is 0.698 e. The van der Waals surface area contributed by atoms with Crippen molar-refractivity contribution in [2.45, 2.75) is 64.7 Å². The van der Waals surface area contributed by atoms with Gasteiger partial charge in [0.1, 0.15) is 11.8 Å². The minimum atomic E-state index is -4.79. The Morgan fingerprint density at radius 2 is 1.11 bits per heavy atom. The van der Waals surface area contributed by atoms with Gasteiger partial charge in [-0.05, 0) is 12.8 Å². The number of carbonyl (C=O) groups is 2. The van der Waals surface area contributed by atoms with E-state index in [2.05, 4.69) is 9.05 Å². The first-order valence-electron chi connectivity index (χ1n) is 8.76. The van der Waals surface area contributed by atoms with E-state index >= 15 is 0 Å². The summed E-state index contributed by atoms with van der Waals surface area (Å²) in [5.74, 6) is -7.31. The van der Waals surface area contributed by atoms with Crippen LogP contribution in [0.3, 0.4) is 0 Å². The third kappa shape index (κ3) is 10.5. The summed E-state index contributed by atoms with van der Waals surface area (Å²) in [5.41, 5.74) is 0. The highest BCUT2D eigenvalue weighted by Crippen LogP contribution is 2.34. The molecule has 0 saturated carbocycles. The monoisotopic (exact) mass is 441 g/mol. The zero-order valence-corrected chi connectivity index (χ0v) is 16.5. The average Bonchev–Trinajstić information content (AvgIpc) is 2.56. The Bertz CT molecular complexity index is 477. The number of unbranched alkanes of at least 4 members (excludes halogenated alkanes) is 2. The van der Waals surface area contributed by atoms with E-state index in [1.54, 1.807) is 13.8 Å². The second kappa shape index (κ2) is 12.5. The molecule has 0 fully saturated rings. The SMILES string of the molecule is CCCCC(C(=O)CO[P+](=O)OCC(=O)C(CCCC)C(F)(F)F)C(F)(F)F. The van der Waals surface area contributed by atoms with Crippen molar-refractivity contribution in [1.82, 2.24) is 0 Å². The van der Waals surface area contributed by atoms with Gasteiger partial charge < -0.3 is 0 Å². The summed E-state index contributed by atoms with van der Waals surface area (Å²) in [6, 6.07) is 0. The minimum Gasteiger partial charge on any atom is -0.296 e. The van der Waals surface area contributed by atoms with Gasteiger partial charge in [0.25, 0.3) is 0 Å². The molecule has 164 valence electrons. The van der Waals surface area contributed by atoms with Crippen LogP contribution in [0.25, 0.3) is 0 Å². The van der Waals surface area contributed by atoms with E-state index in [1.165, 1.54) is 0 Å². The van der Waals surface area contributed by atoms with Gasteiger partial charge in [0.05, 0.1) is 0 Å². The molecule has 0 radical (unpaired) electrons. The summed E-state index contributed by atoms with van der Waals surface area (Å²) in [4.78, 5) is 23.3. The highest BCUT2D eigenvalue weighted by Gasteiger charge is 2.46. The van der Waals surface area contributed by atoms with E-state index in [9.17, 15) is 40.5 Å². The second-order valence-corrected chi connectivity index (χ2v) is 7.14. The first kappa shape index (κ1) is 26.9. The Labute approximate surface area is 160 Å². The highest BCUT2D eigenvalue weighted by molar-refractivity contribution is 7.33. The van der Waals surface area contributed by atoms with Gasteiger partial charge in [0.2, 0.25) is 0 Å². The Morgan fingerprint density at radius 1 is 0.786 bits per heavy atom. The molecule has 0 aromatic rings. The molecular formula is C16H24F6O5P+. The first-order chi connectivity index (χ1) is 12.8. The van der Waals surface area contributed by atoms with E-state index in [-0.39, 0.29) is 12.8 Å². The number of hydrogen-bond donors (Lipinski definition) is 0. The molecule has 0 N–H and O–H groups in total. The molecule has 0 rings (SSSR count).